The van der Waals surface area contributed by atoms with E-state index in [1.807, 2.05) is 6.07 Å². The Kier molecular flexibility index (Phi) is 6.26. The molecule has 184 valence electrons. The molecule has 35 heavy (non-hydrogen) atoms. The van der Waals surface area contributed by atoms with Gasteiger partial charge in [0.05, 0.1) is 19.8 Å². The lowest BCUT2D eigenvalue weighted by Crippen LogP contribution is -2.63. The second-order valence-corrected chi connectivity index (χ2v) is 9.08. The number of nitrogens with zero attached hydrogens (tertiary/aromatic N) is 2. The van der Waals surface area contributed by atoms with Crippen molar-refractivity contribution >= 4 is 23.4 Å². The highest BCUT2D eigenvalue weighted by molar-refractivity contribution is 6.07. The number of fused-ring (bicyclic) bond motifs is 1. The van der Waals surface area contributed by atoms with Crippen LogP contribution < -0.4 is 10.6 Å². The number of carbonyl (C=O) groups is 3. The van der Waals surface area contributed by atoms with Gasteiger partial charge in [-0.1, -0.05) is 18.2 Å². The van der Waals surface area contributed by atoms with Gasteiger partial charge in [0.1, 0.15) is 5.82 Å². The van der Waals surface area contributed by atoms with Gasteiger partial charge in [0.15, 0.2) is 0 Å². The fourth-order valence-corrected chi connectivity index (χ4v) is 4.79. The fourth-order valence-electron chi connectivity index (χ4n) is 4.79. The van der Waals surface area contributed by atoms with Gasteiger partial charge in [0.2, 0.25) is 11.6 Å². The van der Waals surface area contributed by atoms with Crippen LogP contribution in [0.2, 0.25) is 0 Å². The van der Waals surface area contributed by atoms with Gasteiger partial charge in [0.25, 0.3) is 11.8 Å². The van der Waals surface area contributed by atoms with Crippen molar-refractivity contribution in [1.29, 1.82) is 0 Å². The maximum absolute atomic E-state index is 14.8. The molecular weight excluding hydrogens is 455 g/mol. The molecule has 3 aliphatic heterocycles. The minimum absolute atomic E-state index is 0.00355. The van der Waals surface area contributed by atoms with Crippen molar-refractivity contribution in [2.75, 3.05) is 31.6 Å². The Labute approximate surface area is 201 Å². The third-order valence-corrected chi connectivity index (χ3v) is 6.83. The normalized spacial score (nSPS) is 22.8. The van der Waals surface area contributed by atoms with Crippen LogP contribution in [0.4, 0.5) is 10.1 Å². The average Bonchev–Trinajstić information content (AvgIpc) is 3.20. The highest BCUT2D eigenvalue weighted by Crippen LogP contribution is 2.36. The van der Waals surface area contributed by atoms with E-state index in [1.165, 1.54) is 0 Å². The number of rotatable bonds is 6. The summed E-state index contributed by atoms with van der Waals surface area (Å²) in [5.74, 6) is -2.19. The molecule has 0 spiro atoms. The van der Waals surface area contributed by atoms with Gasteiger partial charge < -0.3 is 15.2 Å². The highest BCUT2D eigenvalue weighted by Gasteiger charge is 2.51. The number of halogens is 1. The average molecular weight is 483 g/mol. The van der Waals surface area contributed by atoms with Crippen LogP contribution in [0.15, 0.2) is 36.4 Å². The number of hydrogen-bond donors (Lipinski definition) is 3. The van der Waals surface area contributed by atoms with E-state index >= 15 is 0 Å². The first-order chi connectivity index (χ1) is 16.8. The van der Waals surface area contributed by atoms with E-state index in [0.29, 0.717) is 42.1 Å². The SMILES string of the molecule is O=C1CCC(O)(N2Cc3c(NCc4ccc(CN5CCOCC5)cc4F)cccc3C2=O)C(=O)N1. The lowest BCUT2D eigenvalue weighted by atomic mass is 10.00. The zero-order valence-corrected chi connectivity index (χ0v) is 19.2. The quantitative estimate of drug-likeness (QED) is 0.533. The second kappa shape index (κ2) is 9.37. The molecule has 0 saturated carbocycles. The molecule has 3 amide bonds. The van der Waals surface area contributed by atoms with E-state index in [-0.39, 0.29) is 31.7 Å². The van der Waals surface area contributed by atoms with Crippen LogP contribution in [-0.4, -0.2) is 64.7 Å². The van der Waals surface area contributed by atoms with Crippen LogP contribution in [0.25, 0.3) is 0 Å². The molecule has 3 N–H and O–H groups in total. The summed E-state index contributed by atoms with van der Waals surface area (Å²) in [5, 5.41) is 16.2. The van der Waals surface area contributed by atoms with Crippen LogP contribution in [0.1, 0.15) is 39.9 Å². The first-order valence-electron chi connectivity index (χ1n) is 11.7. The van der Waals surface area contributed by atoms with E-state index in [0.717, 1.165) is 23.6 Å². The molecule has 0 bridgehead atoms. The Morgan fingerprint density at radius 1 is 1.14 bits per heavy atom. The number of anilines is 1. The smallest absolute Gasteiger partial charge is 0.279 e. The summed E-state index contributed by atoms with van der Waals surface area (Å²) in [4.78, 5) is 40.2. The van der Waals surface area contributed by atoms with Crippen LogP contribution in [0, 0.1) is 5.82 Å². The lowest BCUT2D eigenvalue weighted by Gasteiger charge is -2.37. The predicted molar refractivity (Wildman–Crippen MR) is 123 cm³/mol. The topological polar surface area (TPSA) is 111 Å². The van der Waals surface area contributed by atoms with Crippen LogP contribution >= 0.6 is 0 Å². The van der Waals surface area contributed by atoms with Crippen molar-refractivity contribution in [1.82, 2.24) is 15.1 Å². The van der Waals surface area contributed by atoms with E-state index in [2.05, 4.69) is 15.5 Å². The molecule has 9 nitrogen and oxygen atoms in total. The Hall–Kier alpha value is -3.34. The van der Waals surface area contributed by atoms with E-state index in [1.54, 1.807) is 30.3 Å². The molecule has 5 rings (SSSR count). The molecule has 1 atom stereocenters. The Morgan fingerprint density at radius 3 is 2.69 bits per heavy atom. The molecule has 3 heterocycles. The first-order valence-corrected chi connectivity index (χ1v) is 11.7. The summed E-state index contributed by atoms with van der Waals surface area (Å²) >= 11 is 0. The number of aliphatic hydroxyl groups is 1. The predicted octanol–water partition coefficient (Wildman–Crippen LogP) is 1.35. The van der Waals surface area contributed by atoms with Crippen molar-refractivity contribution < 1.29 is 28.6 Å². The van der Waals surface area contributed by atoms with Crippen molar-refractivity contribution in [3.8, 4) is 0 Å². The summed E-state index contributed by atoms with van der Waals surface area (Å²) in [6.07, 6.45) is -0.226. The number of nitrogens with one attached hydrogen (secondary N) is 2. The molecule has 0 aromatic heterocycles. The van der Waals surface area contributed by atoms with Gasteiger partial charge in [-0.05, 0) is 23.8 Å². The third-order valence-electron chi connectivity index (χ3n) is 6.83. The fraction of sp³-hybridized carbons (Fsp3) is 0.400. The van der Waals surface area contributed by atoms with Gasteiger partial charge in [-0.15, -0.1) is 0 Å². The highest BCUT2D eigenvalue weighted by atomic mass is 19.1. The zero-order valence-electron chi connectivity index (χ0n) is 19.2. The molecule has 2 aromatic carbocycles. The Morgan fingerprint density at radius 2 is 1.94 bits per heavy atom. The minimum Gasteiger partial charge on any atom is -0.381 e. The summed E-state index contributed by atoms with van der Waals surface area (Å²) in [6.45, 7) is 3.89. The minimum atomic E-state index is -2.09. The molecule has 3 aliphatic rings. The van der Waals surface area contributed by atoms with Gasteiger partial charge in [-0.3, -0.25) is 29.5 Å². The number of imide groups is 1. The third kappa shape index (κ3) is 4.52. The number of ether oxygens (including phenoxy) is 1. The molecule has 1 unspecified atom stereocenters. The largest absolute Gasteiger partial charge is 0.381 e. The van der Waals surface area contributed by atoms with Gasteiger partial charge >= 0.3 is 0 Å². The summed E-state index contributed by atoms with van der Waals surface area (Å²) in [5.41, 5.74) is 0.871. The van der Waals surface area contributed by atoms with Gasteiger partial charge in [-0.25, -0.2) is 4.39 Å². The van der Waals surface area contributed by atoms with Crippen molar-refractivity contribution in [3.05, 3.63) is 64.5 Å². The molecule has 10 heteroatoms. The number of amides is 3. The van der Waals surface area contributed by atoms with E-state index in [9.17, 15) is 23.9 Å². The second-order valence-electron chi connectivity index (χ2n) is 9.08. The van der Waals surface area contributed by atoms with Gasteiger partial charge in [-0.2, -0.15) is 0 Å². The van der Waals surface area contributed by atoms with E-state index < -0.39 is 23.4 Å². The van der Waals surface area contributed by atoms with Gasteiger partial charge in [0, 0.05) is 61.4 Å². The molecule has 2 fully saturated rings. The molecular formula is C25H27FN4O5. The van der Waals surface area contributed by atoms with Crippen molar-refractivity contribution in [3.63, 3.8) is 0 Å². The van der Waals surface area contributed by atoms with Crippen LogP contribution in [0.3, 0.4) is 0 Å². The Balaban J connectivity index is 1.28. The van der Waals surface area contributed by atoms with Crippen molar-refractivity contribution in [2.45, 2.75) is 38.2 Å². The molecule has 0 radical (unpaired) electrons. The van der Waals surface area contributed by atoms with E-state index in [4.69, 9.17) is 4.74 Å². The summed E-state index contributed by atoms with van der Waals surface area (Å²) in [6, 6.07) is 10.3. The number of benzene rings is 2. The Bertz CT molecular complexity index is 1180. The lowest BCUT2D eigenvalue weighted by molar-refractivity contribution is -0.167. The standard InChI is InChI=1S/C25H27FN4O5/c26-20-12-16(14-29-8-10-35-11-9-29)4-5-17(20)13-27-21-3-1-2-18-19(21)15-30(23(18)32)25(34)7-6-22(31)28-24(25)33/h1-5,12,27,34H,6-11,13-15H2,(H,28,31,33). The molecule has 0 aliphatic carbocycles. The maximum Gasteiger partial charge on any atom is 0.279 e. The zero-order chi connectivity index (χ0) is 24.6. The summed E-state index contributed by atoms with van der Waals surface area (Å²) in [7, 11) is 0. The first kappa shape index (κ1) is 23.4. The van der Waals surface area contributed by atoms with Crippen LogP contribution in [-0.2, 0) is 34.0 Å². The monoisotopic (exact) mass is 482 g/mol. The summed E-state index contributed by atoms with van der Waals surface area (Å²) < 4.78 is 20.2. The number of hydrogen-bond acceptors (Lipinski definition) is 7. The van der Waals surface area contributed by atoms with Crippen LogP contribution in [0.5, 0.6) is 0 Å². The molecule has 2 saturated heterocycles. The van der Waals surface area contributed by atoms with Crippen molar-refractivity contribution in [2.24, 2.45) is 0 Å². The maximum atomic E-state index is 14.8. The number of carbonyl (C=O) groups excluding carboxylic acids is 3. The number of morpholine rings is 1. The number of piperidine rings is 1. The molecule has 2 aromatic rings.